The Bertz CT molecular complexity index is 685. The molecule has 0 fully saturated rings. The van der Waals surface area contributed by atoms with Gasteiger partial charge < -0.3 is 15.4 Å². The number of aliphatic imine (C=N–C) groups is 1. The zero-order valence-corrected chi connectivity index (χ0v) is 15.2. The minimum atomic E-state index is -0.343. The van der Waals surface area contributed by atoms with Crippen molar-refractivity contribution in [2.45, 2.75) is 33.4 Å². The van der Waals surface area contributed by atoms with Crippen molar-refractivity contribution < 1.29 is 9.13 Å². The van der Waals surface area contributed by atoms with E-state index < -0.39 is 0 Å². The van der Waals surface area contributed by atoms with Crippen LogP contribution in [0, 0.1) is 5.82 Å². The summed E-state index contributed by atoms with van der Waals surface area (Å²) >= 11 is 1.80. The smallest absolute Gasteiger partial charge is 0.191 e. The van der Waals surface area contributed by atoms with E-state index >= 15 is 0 Å². The molecule has 0 unspecified atom stereocenters. The first-order chi connectivity index (χ1) is 11.7. The molecule has 2 N–H and O–H groups in total. The van der Waals surface area contributed by atoms with Gasteiger partial charge in [-0.05, 0) is 43.2 Å². The van der Waals surface area contributed by atoms with E-state index in [1.165, 1.54) is 15.8 Å². The zero-order valence-electron chi connectivity index (χ0n) is 14.4. The van der Waals surface area contributed by atoms with E-state index in [9.17, 15) is 4.39 Å². The first-order valence-electron chi connectivity index (χ1n) is 8.09. The molecule has 1 heterocycles. The van der Waals surface area contributed by atoms with Crippen molar-refractivity contribution in [3.63, 3.8) is 0 Å². The van der Waals surface area contributed by atoms with Crippen LogP contribution in [0.1, 0.15) is 29.2 Å². The molecule has 0 saturated heterocycles. The number of nitrogens with one attached hydrogen (secondary N) is 2. The highest BCUT2D eigenvalue weighted by Crippen LogP contribution is 2.18. The van der Waals surface area contributed by atoms with Crippen molar-refractivity contribution >= 4 is 17.3 Å². The molecular formula is C18H24FN3OS. The van der Waals surface area contributed by atoms with Crippen LogP contribution in [0.3, 0.4) is 0 Å². The minimum absolute atomic E-state index is 0.285. The molecule has 1 aromatic carbocycles. The summed E-state index contributed by atoms with van der Waals surface area (Å²) in [5.41, 5.74) is 0.836. The average molecular weight is 349 g/mol. The molecule has 2 rings (SSSR count). The van der Waals surface area contributed by atoms with Crippen molar-refractivity contribution in [1.29, 1.82) is 0 Å². The number of nitrogens with zero attached hydrogens (tertiary/aromatic N) is 1. The lowest BCUT2D eigenvalue weighted by molar-refractivity contribution is 0.321. The second-order valence-corrected chi connectivity index (χ2v) is 6.45. The van der Waals surface area contributed by atoms with Crippen LogP contribution >= 0.6 is 11.3 Å². The molecule has 0 aliphatic heterocycles. The molecule has 0 spiro atoms. The first-order valence-corrected chi connectivity index (χ1v) is 8.91. The van der Waals surface area contributed by atoms with Crippen LogP contribution in [-0.4, -0.2) is 19.6 Å². The van der Waals surface area contributed by atoms with E-state index in [4.69, 9.17) is 4.74 Å². The first kappa shape index (κ1) is 18.3. The van der Waals surface area contributed by atoms with Crippen molar-refractivity contribution in [3.8, 4) is 5.75 Å². The van der Waals surface area contributed by atoms with Crippen molar-refractivity contribution in [1.82, 2.24) is 10.6 Å². The Kier molecular flexibility index (Phi) is 7.06. The van der Waals surface area contributed by atoms with Gasteiger partial charge in [-0.3, -0.25) is 4.99 Å². The second kappa shape index (κ2) is 9.27. The Morgan fingerprint density at radius 2 is 1.88 bits per heavy atom. The van der Waals surface area contributed by atoms with Crippen molar-refractivity contribution in [2.24, 2.45) is 4.99 Å². The van der Waals surface area contributed by atoms with Crippen molar-refractivity contribution in [3.05, 3.63) is 51.5 Å². The fourth-order valence-corrected chi connectivity index (χ4v) is 3.11. The summed E-state index contributed by atoms with van der Waals surface area (Å²) in [6, 6.07) is 9.27. The summed E-state index contributed by atoms with van der Waals surface area (Å²) in [5.74, 6) is 0.633. The number of hydrogen-bond donors (Lipinski definition) is 2. The molecule has 0 aliphatic carbocycles. The largest absolute Gasteiger partial charge is 0.491 e. The molecule has 0 atom stereocenters. The fraction of sp³-hybridized carbons (Fsp3) is 0.389. The van der Waals surface area contributed by atoms with Gasteiger partial charge in [0.2, 0.25) is 0 Å². The average Bonchev–Trinajstić information content (AvgIpc) is 3.05. The van der Waals surface area contributed by atoms with Gasteiger partial charge >= 0.3 is 0 Å². The maximum atomic E-state index is 13.9. The lowest BCUT2D eigenvalue weighted by atomic mass is 10.2. The number of hydrogen-bond acceptors (Lipinski definition) is 3. The number of halogens is 1. The van der Waals surface area contributed by atoms with E-state index in [0.717, 1.165) is 18.5 Å². The van der Waals surface area contributed by atoms with Gasteiger partial charge in [0.25, 0.3) is 0 Å². The lowest BCUT2D eigenvalue weighted by Crippen LogP contribution is -2.36. The van der Waals surface area contributed by atoms with E-state index in [1.54, 1.807) is 24.5 Å². The maximum absolute atomic E-state index is 13.9. The quantitative estimate of drug-likeness (QED) is 0.592. The zero-order chi connectivity index (χ0) is 17.4. The molecule has 2 aromatic rings. The van der Waals surface area contributed by atoms with Gasteiger partial charge in [0.05, 0.1) is 13.2 Å². The number of guanidine groups is 1. The molecule has 0 amide bonds. The van der Waals surface area contributed by atoms with Crippen LogP contribution in [0.25, 0.3) is 0 Å². The summed E-state index contributed by atoms with van der Waals surface area (Å²) in [6.07, 6.45) is 1.06. The molecule has 0 saturated carbocycles. The minimum Gasteiger partial charge on any atom is -0.491 e. The van der Waals surface area contributed by atoms with Gasteiger partial charge in [-0.1, -0.05) is 13.0 Å². The number of benzene rings is 1. The molecule has 6 heteroatoms. The van der Waals surface area contributed by atoms with Gasteiger partial charge in [-0.25, -0.2) is 4.39 Å². The van der Waals surface area contributed by atoms with Gasteiger partial charge in [0, 0.05) is 23.3 Å². The summed E-state index contributed by atoms with van der Waals surface area (Å²) in [7, 11) is 1.72. The van der Waals surface area contributed by atoms with E-state index in [-0.39, 0.29) is 11.6 Å². The van der Waals surface area contributed by atoms with Crippen LogP contribution in [0.2, 0.25) is 0 Å². The van der Waals surface area contributed by atoms with Crippen LogP contribution in [0.4, 0.5) is 4.39 Å². The second-order valence-electron chi connectivity index (χ2n) is 5.20. The molecule has 4 nitrogen and oxygen atoms in total. The number of aryl methyl sites for hydroxylation is 1. The van der Waals surface area contributed by atoms with Crippen molar-refractivity contribution in [2.75, 3.05) is 13.7 Å². The van der Waals surface area contributed by atoms with Gasteiger partial charge in [-0.2, -0.15) is 0 Å². The normalized spacial score (nSPS) is 11.4. The number of rotatable bonds is 7. The van der Waals surface area contributed by atoms with Gasteiger partial charge in [0.15, 0.2) is 17.5 Å². The molecule has 0 bridgehead atoms. The third-order valence-electron chi connectivity index (χ3n) is 3.48. The number of ether oxygens (including phenoxy) is 1. The summed E-state index contributed by atoms with van der Waals surface area (Å²) < 4.78 is 19.1. The number of thiophene rings is 1. The molecule has 130 valence electrons. The third-order valence-corrected chi connectivity index (χ3v) is 4.71. The molecule has 0 aliphatic rings. The molecule has 1 aromatic heterocycles. The maximum Gasteiger partial charge on any atom is 0.191 e. The Morgan fingerprint density at radius 3 is 2.50 bits per heavy atom. The van der Waals surface area contributed by atoms with E-state index in [1.807, 2.05) is 13.0 Å². The predicted molar refractivity (Wildman–Crippen MR) is 98.3 cm³/mol. The molecule has 0 radical (unpaired) electrons. The van der Waals surface area contributed by atoms with Gasteiger partial charge in [0.1, 0.15) is 0 Å². The van der Waals surface area contributed by atoms with E-state index in [0.29, 0.717) is 19.1 Å². The highest BCUT2D eigenvalue weighted by Gasteiger charge is 2.05. The Morgan fingerprint density at radius 1 is 1.12 bits per heavy atom. The highest BCUT2D eigenvalue weighted by molar-refractivity contribution is 7.11. The third kappa shape index (κ3) is 5.23. The Balaban J connectivity index is 1.86. The van der Waals surface area contributed by atoms with E-state index in [2.05, 4.69) is 34.7 Å². The highest BCUT2D eigenvalue weighted by atomic mass is 32.1. The Labute approximate surface area is 146 Å². The topological polar surface area (TPSA) is 45.6 Å². The van der Waals surface area contributed by atoms with Crippen LogP contribution in [0.15, 0.2) is 35.3 Å². The standard InChI is InChI=1S/C18H24FN3OS/c1-4-14-7-8-15(24-14)12-22-18(20-3)21-11-13-6-9-17(23-5-2)16(19)10-13/h6-10H,4-5,11-12H2,1-3H3,(H2,20,21,22). The molecular weight excluding hydrogens is 325 g/mol. The molecule has 24 heavy (non-hydrogen) atoms. The lowest BCUT2D eigenvalue weighted by Gasteiger charge is -2.12. The van der Waals surface area contributed by atoms with Crippen LogP contribution < -0.4 is 15.4 Å². The van der Waals surface area contributed by atoms with Crippen LogP contribution in [0.5, 0.6) is 5.75 Å². The van der Waals surface area contributed by atoms with Gasteiger partial charge in [-0.15, -0.1) is 11.3 Å². The monoisotopic (exact) mass is 349 g/mol. The predicted octanol–water partition coefficient (Wildman–Crippen LogP) is 3.71. The summed E-state index contributed by atoms with van der Waals surface area (Å²) in [4.78, 5) is 6.84. The summed E-state index contributed by atoms with van der Waals surface area (Å²) in [6.45, 7) is 5.66. The fourth-order valence-electron chi connectivity index (χ4n) is 2.21. The van der Waals surface area contributed by atoms with Crippen LogP contribution in [-0.2, 0) is 19.5 Å². The summed E-state index contributed by atoms with van der Waals surface area (Å²) in [5, 5.41) is 6.46. The Hall–Kier alpha value is -2.08. The SMILES string of the molecule is CCOc1ccc(CNC(=NC)NCc2ccc(CC)s2)cc1F.